The molecule has 0 saturated heterocycles. The zero-order valence-electron chi connectivity index (χ0n) is 14.6. The van der Waals surface area contributed by atoms with Gasteiger partial charge in [0.05, 0.1) is 30.5 Å². The van der Waals surface area contributed by atoms with Gasteiger partial charge in [-0.3, -0.25) is 4.79 Å². The van der Waals surface area contributed by atoms with Crippen LogP contribution in [0.3, 0.4) is 0 Å². The maximum absolute atomic E-state index is 10.9. The van der Waals surface area contributed by atoms with Crippen LogP contribution in [0.4, 0.5) is 0 Å². The quantitative estimate of drug-likeness (QED) is 0.520. The van der Waals surface area contributed by atoms with E-state index in [-0.39, 0.29) is 5.75 Å². The van der Waals surface area contributed by atoms with E-state index < -0.39 is 5.97 Å². The Balaban J connectivity index is 2.09. The standard InChI is InChI=1S/C19H16ClNO4S2/c1-24-14-8-5-12(9-15(14)25-2)17-18(11-3-6-13(20)7-4-11)27-19(21-17)26-10-16(22)23/h3-9H,10H2,1-2H3,(H,22,23). The lowest BCUT2D eigenvalue weighted by molar-refractivity contribution is -0.133. The van der Waals surface area contributed by atoms with Gasteiger partial charge in [0.25, 0.3) is 0 Å². The van der Waals surface area contributed by atoms with Crippen molar-refractivity contribution in [3.8, 4) is 33.2 Å². The summed E-state index contributed by atoms with van der Waals surface area (Å²) in [6.07, 6.45) is 0. The SMILES string of the molecule is COc1ccc(-c2nc(SCC(=O)O)sc2-c2ccc(Cl)cc2)cc1OC. The van der Waals surface area contributed by atoms with Crippen LogP contribution in [0, 0.1) is 0 Å². The lowest BCUT2D eigenvalue weighted by Crippen LogP contribution is -1.97. The molecule has 0 radical (unpaired) electrons. The third-order valence-electron chi connectivity index (χ3n) is 3.69. The van der Waals surface area contributed by atoms with Crippen LogP contribution in [0.15, 0.2) is 46.8 Å². The molecule has 0 amide bonds. The minimum absolute atomic E-state index is 0.0427. The Morgan fingerprint density at radius 2 is 1.78 bits per heavy atom. The van der Waals surface area contributed by atoms with Crippen molar-refractivity contribution in [3.63, 3.8) is 0 Å². The molecule has 1 heterocycles. The minimum atomic E-state index is -0.879. The number of carboxylic acids is 1. The second kappa shape index (κ2) is 8.65. The molecule has 0 aliphatic carbocycles. The summed E-state index contributed by atoms with van der Waals surface area (Å²) in [7, 11) is 3.16. The Labute approximate surface area is 169 Å². The predicted molar refractivity (Wildman–Crippen MR) is 109 cm³/mol. The van der Waals surface area contributed by atoms with Crippen LogP contribution in [0.1, 0.15) is 0 Å². The predicted octanol–water partition coefficient (Wildman–Crippen LogP) is 5.32. The number of aliphatic carboxylic acids is 1. The van der Waals surface area contributed by atoms with E-state index >= 15 is 0 Å². The number of thiazole rings is 1. The molecular weight excluding hydrogens is 406 g/mol. The van der Waals surface area contributed by atoms with Gasteiger partial charge in [0.15, 0.2) is 15.8 Å². The molecule has 0 spiro atoms. The summed E-state index contributed by atoms with van der Waals surface area (Å²) in [4.78, 5) is 16.5. The van der Waals surface area contributed by atoms with E-state index in [0.29, 0.717) is 20.9 Å². The van der Waals surface area contributed by atoms with Gasteiger partial charge >= 0.3 is 5.97 Å². The molecule has 8 heteroatoms. The first-order chi connectivity index (χ1) is 13.0. The molecule has 0 unspecified atom stereocenters. The van der Waals surface area contributed by atoms with Gasteiger partial charge < -0.3 is 14.6 Å². The normalized spacial score (nSPS) is 10.6. The molecule has 5 nitrogen and oxygen atoms in total. The minimum Gasteiger partial charge on any atom is -0.493 e. The largest absolute Gasteiger partial charge is 0.493 e. The fraction of sp³-hybridized carbons (Fsp3) is 0.158. The number of benzene rings is 2. The fourth-order valence-corrected chi connectivity index (χ4v) is 4.48. The number of hydrogen-bond donors (Lipinski definition) is 1. The third kappa shape index (κ3) is 4.55. The Morgan fingerprint density at radius 1 is 1.11 bits per heavy atom. The number of ether oxygens (including phenoxy) is 2. The van der Waals surface area contributed by atoms with E-state index in [1.54, 1.807) is 14.2 Å². The van der Waals surface area contributed by atoms with Crippen LogP contribution in [0.5, 0.6) is 11.5 Å². The lowest BCUT2D eigenvalue weighted by Gasteiger charge is -2.09. The van der Waals surface area contributed by atoms with Gasteiger partial charge in [-0.15, -0.1) is 11.3 Å². The summed E-state index contributed by atoms with van der Waals surface area (Å²) in [6.45, 7) is 0. The lowest BCUT2D eigenvalue weighted by atomic mass is 10.1. The number of thioether (sulfide) groups is 1. The molecule has 0 aliphatic rings. The molecule has 0 fully saturated rings. The number of carbonyl (C=O) groups is 1. The summed E-state index contributed by atoms with van der Waals surface area (Å²) in [6, 6.07) is 13.1. The molecular formula is C19H16ClNO4S2. The second-order valence-corrected chi connectivity index (χ2v) is 8.07. The number of methoxy groups -OCH3 is 2. The summed E-state index contributed by atoms with van der Waals surface area (Å²) in [5.41, 5.74) is 2.58. The van der Waals surface area contributed by atoms with Gasteiger partial charge in [-0.05, 0) is 35.9 Å². The molecule has 0 bridgehead atoms. The van der Waals surface area contributed by atoms with Crippen molar-refractivity contribution in [2.45, 2.75) is 4.34 Å². The first kappa shape index (κ1) is 19.5. The van der Waals surface area contributed by atoms with Crippen molar-refractivity contribution in [1.29, 1.82) is 0 Å². The molecule has 3 aromatic rings. The molecule has 140 valence electrons. The van der Waals surface area contributed by atoms with Gasteiger partial charge in [-0.25, -0.2) is 4.98 Å². The Bertz CT molecular complexity index is 957. The number of aromatic nitrogens is 1. The Morgan fingerprint density at radius 3 is 2.41 bits per heavy atom. The van der Waals surface area contributed by atoms with Crippen LogP contribution in [-0.2, 0) is 4.79 Å². The van der Waals surface area contributed by atoms with Crippen LogP contribution in [0.25, 0.3) is 21.7 Å². The molecule has 0 aliphatic heterocycles. The van der Waals surface area contributed by atoms with Crippen LogP contribution >= 0.6 is 34.7 Å². The second-order valence-electron chi connectivity index (χ2n) is 5.42. The number of nitrogens with zero attached hydrogens (tertiary/aromatic N) is 1. The van der Waals surface area contributed by atoms with E-state index in [4.69, 9.17) is 26.2 Å². The first-order valence-corrected chi connectivity index (χ1v) is 10.0. The number of carboxylic acid groups (broad SMARTS) is 1. The number of rotatable bonds is 7. The molecule has 0 saturated carbocycles. The highest BCUT2D eigenvalue weighted by atomic mass is 35.5. The smallest absolute Gasteiger partial charge is 0.313 e. The van der Waals surface area contributed by atoms with Gasteiger partial charge in [0, 0.05) is 10.6 Å². The fourth-order valence-electron chi connectivity index (χ4n) is 2.46. The van der Waals surface area contributed by atoms with Gasteiger partial charge in [-0.1, -0.05) is 35.5 Å². The zero-order valence-corrected chi connectivity index (χ0v) is 17.0. The topological polar surface area (TPSA) is 68.7 Å². The zero-order chi connectivity index (χ0) is 19.4. The van der Waals surface area contributed by atoms with Crippen molar-refractivity contribution < 1.29 is 19.4 Å². The Kier molecular flexibility index (Phi) is 6.26. The van der Waals surface area contributed by atoms with Crippen molar-refractivity contribution in [2.75, 3.05) is 20.0 Å². The van der Waals surface area contributed by atoms with Crippen molar-refractivity contribution in [3.05, 3.63) is 47.5 Å². The molecule has 1 N–H and O–H groups in total. The highest BCUT2D eigenvalue weighted by molar-refractivity contribution is 8.01. The third-order valence-corrected chi connectivity index (χ3v) is 6.17. The number of halogens is 1. The van der Waals surface area contributed by atoms with E-state index in [2.05, 4.69) is 4.98 Å². The van der Waals surface area contributed by atoms with Gasteiger partial charge in [-0.2, -0.15) is 0 Å². The highest BCUT2D eigenvalue weighted by Crippen LogP contribution is 2.42. The molecule has 27 heavy (non-hydrogen) atoms. The highest BCUT2D eigenvalue weighted by Gasteiger charge is 2.18. The van der Waals surface area contributed by atoms with Crippen LogP contribution < -0.4 is 9.47 Å². The monoisotopic (exact) mass is 421 g/mol. The van der Waals surface area contributed by atoms with E-state index in [0.717, 1.165) is 21.7 Å². The van der Waals surface area contributed by atoms with Crippen LogP contribution in [-0.4, -0.2) is 36.0 Å². The van der Waals surface area contributed by atoms with Crippen molar-refractivity contribution in [1.82, 2.24) is 4.98 Å². The number of hydrogen-bond acceptors (Lipinski definition) is 6. The van der Waals surface area contributed by atoms with E-state index in [1.165, 1.54) is 23.1 Å². The summed E-state index contributed by atoms with van der Waals surface area (Å²) in [5, 5.41) is 9.60. The summed E-state index contributed by atoms with van der Waals surface area (Å²) in [5.74, 6) is 0.310. The molecule has 3 rings (SSSR count). The van der Waals surface area contributed by atoms with E-state index in [1.807, 2.05) is 42.5 Å². The first-order valence-electron chi connectivity index (χ1n) is 7.85. The molecule has 0 atom stereocenters. The maximum atomic E-state index is 10.9. The Hall–Kier alpha value is -2.22. The average Bonchev–Trinajstić information content (AvgIpc) is 3.10. The van der Waals surface area contributed by atoms with Crippen molar-refractivity contribution >= 4 is 40.7 Å². The maximum Gasteiger partial charge on any atom is 0.313 e. The van der Waals surface area contributed by atoms with Gasteiger partial charge in [0.2, 0.25) is 0 Å². The average molecular weight is 422 g/mol. The summed E-state index contributed by atoms with van der Waals surface area (Å²) >= 11 is 8.66. The van der Waals surface area contributed by atoms with Crippen molar-refractivity contribution in [2.24, 2.45) is 0 Å². The summed E-state index contributed by atoms with van der Waals surface area (Å²) < 4.78 is 11.4. The van der Waals surface area contributed by atoms with Gasteiger partial charge in [0.1, 0.15) is 0 Å². The van der Waals surface area contributed by atoms with E-state index in [9.17, 15) is 4.79 Å². The molecule has 2 aromatic carbocycles. The molecule has 1 aromatic heterocycles. The van der Waals surface area contributed by atoms with Crippen LogP contribution in [0.2, 0.25) is 5.02 Å².